The van der Waals surface area contributed by atoms with Gasteiger partial charge in [0.1, 0.15) is 5.82 Å². The Labute approximate surface area is 129 Å². The zero-order valence-corrected chi connectivity index (χ0v) is 12.6. The van der Waals surface area contributed by atoms with E-state index in [0.29, 0.717) is 15.6 Å². The molecule has 0 spiro atoms. The molecular weight excluding hydrogens is 337 g/mol. The highest BCUT2D eigenvalue weighted by Crippen LogP contribution is 2.23. The molecule has 0 aliphatic carbocycles. The van der Waals surface area contributed by atoms with Crippen LogP contribution in [0.5, 0.6) is 0 Å². The summed E-state index contributed by atoms with van der Waals surface area (Å²) in [5.41, 5.74) is 1.54. The first-order valence-corrected chi connectivity index (χ1v) is 7.22. The van der Waals surface area contributed by atoms with E-state index in [4.69, 9.17) is 0 Å². The molecule has 0 radical (unpaired) electrons. The van der Waals surface area contributed by atoms with Gasteiger partial charge in [-0.25, -0.2) is 4.39 Å². The van der Waals surface area contributed by atoms with Crippen molar-refractivity contribution in [2.24, 2.45) is 0 Å². The van der Waals surface area contributed by atoms with Gasteiger partial charge in [0.05, 0.1) is 13.0 Å². The molecule has 0 fully saturated rings. The van der Waals surface area contributed by atoms with Crippen molar-refractivity contribution in [3.63, 3.8) is 0 Å². The maximum Gasteiger partial charge on any atom is 0.261 e. The molecule has 106 valence electrons. The van der Waals surface area contributed by atoms with E-state index in [1.54, 1.807) is 36.4 Å². The highest BCUT2D eigenvalue weighted by atomic mass is 79.9. The zero-order valence-electron chi connectivity index (χ0n) is 11.0. The minimum atomic E-state index is -0.433. The molecule has 2 aromatic carbocycles. The van der Waals surface area contributed by atoms with Crippen molar-refractivity contribution in [1.82, 2.24) is 4.90 Å². The van der Waals surface area contributed by atoms with Gasteiger partial charge in [0.15, 0.2) is 0 Å². The molecule has 3 rings (SSSR count). The van der Waals surface area contributed by atoms with Crippen LogP contribution in [0.1, 0.15) is 21.5 Å². The predicted molar refractivity (Wildman–Crippen MR) is 79.1 cm³/mol. The van der Waals surface area contributed by atoms with Crippen LogP contribution in [0.3, 0.4) is 0 Å². The van der Waals surface area contributed by atoms with E-state index in [-0.39, 0.29) is 24.8 Å². The van der Waals surface area contributed by atoms with E-state index in [9.17, 15) is 14.0 Å². The molecule has 0 unspecified atom stereocenters. The third-order valence-electron chi connectivity index (χ3n) is 3.47. The summed E-state index contributed by atoms with van der Waals surface area (Å²) in [7, 11) is 0. The Kier molecular flexibility index (Phi) is 3.59. The quantitative estimate of drug-likeness (QED) is 0.781. The SMILES string of the molecule is O=C1Cc2ccccc2C(=O)N1Cc1cc(Br)ccc1F. The van der Waals surface area contributed by atoms with Crippen LogP contribution >= 0.6 is 15.9 Å². The van der Waals surface area contributed by atoms with Gasteiger partial charge in [0.25, 0.3) is 5.91 Å². The lowest BCUT2D eigenvalue weighted by atomic mass is 9.98. The van der Waals surface area contributed by atoms with Crippen molar-refractivity contribution in [2.75, 3.05) is 0 Å². The molecule has 0 saturated heterocycles. The number of amides is 2. The summed E-state index contributed by atoms with van der Waals surface area (Å²) in [6, 6.07) is 11.5. The molecular formula is C16H11BrFNO2. The number of benzene rings is 2. The summed E-state index contributed by atoms with van der Waals surface area (Å²) >= 11 is 3.26. The van der Waals surface area contributed by atoms with Gasteiger partial charge in [-0.15, -0.1) is 0 Å². The van der Waals surface area contributed by atoms with Gasteiger partial charge in [-0.2, -0.15) is 0 Å². The van der Waals surface area contributed by atoms with Crippen LogP contribution in [0.2, 0.25) is 0 Å². The summed E-state index contributed by atoms with van der Waals surface area (Å²) in [5.74, 6) is -1.11. The smallest absolute Gasteiger partial charge is 0.261 e. The number of hydrogen-bond acceptors (Lipinski definition) is 2. The fourth-order valence-corrected chi connectivity index (χ4v) is 2.80. The second kappa shape index (κ2) is 5.41. The Bertz CT molecular complexity index is 745. The summed E-state index contributed by atoms with van der Waals surface area (Å²) in [4.78, 5) is 25.6. The molecule has 1 heterocycles. The zero-order chi connectivity index (χ0) is 15.0. The second-order valence-corrected chi connectivity index (χ2v) is 5.77. The van der Waals surface area contributed by atoms with Crippen LogP contribution in [0.25, 0.3) is 0 Å². The largest absolute Gasteiger partial charge is 0.274 e. The third kappa shape index (κ3) is 2.61. The first kappa shape index (κ1) is 13.9. The number of hydrogen-bond donors (Lipinski definition) is 0. The molecule has 3 nitrogen and oxygen atoms in total. The van der Waals surface area contributed by atoms with E-state index in [1.165, 1.54) is 6.07 Å². The summed E-state index contributed by atoms with van der Waals surface area (Å²) in [6.07, 6.45) is 0.164. The normalized spacial score (nSPS) is 14.3. The number of carbonyl (C=O) groups excluding carboxylic acids is 2. The first-order valence-electron chi connectivity index (χ1n) is 6.43. The molecule has 1 aliphatic rings. The second-order valence-electron chi connectivity index (χ2n) is 4.85. The van der Waals surface area contributed by atoms with Crippen LogP contribution in [0.4, 0.5) is 4.39 Å². The lowest BCUT2D eigenvalue weighted by Gasteiger charge is -2.27. The maximum atomic E-state index is 13.8. The fourth-order valence-electron chi connectivity index (χ4n) is 2.39. The summed E-state index contributed by atoms with van der Waals surface area (Å²) in [6.45, 7) is -0.0583. The van der Waals surface area contributed by atoms with Crippen LogP contribution in [-0.2, 0) is 17.8 Å². The lowest BCUT2D eigenvalue weighted by molar-refractivity contribution is -0.128. The average molecular weight is 348 g/mol. The van der Waals surface area contributed by atoms with E-state index in [1.807, 2.05) is 0 Å². The van der Waals surface area contributed by atoms with Gasteiger partial charge in [-0.1, -0.05) is 34.1 Å². The molecule has 0 atom stereocenters. The number of halogens is 2. The van der Waals surface area contributed by atoms with E-state index in [0.717, 1.165) is 10.5 Å². The Morgan fingerprint density at radius 2 is 1.90 bits per heavy atom. The highest BCUT2D eigenvalue weighted by Gasteiger charge is 2.31. The van der Waals surface area contributed by atoms with E-state index >= 15 is 0 Å². The van der Waals surface area contributed by atoms with Crippen molar-refractivity contribution in [3.05, 3.63) is 69.4 Å². The molecule has 2 aromatic rings. The van der Waals surface area contributed by atoms with Gasteiger partial charge in [-0.3, -0.25) is 14.5 Å². The Balaban J connectivity index is 1.95. The van der Waals surface area contributed by atoms with Crippen LogP contribution in [-0.4, -0.2) is 16.7 Å². The monoisotopic (exact) mass is 347 g/mol. The van der Waals surface area contributed by atoms with Crippen molar-refractivity contribution in [2.45, 2.75) is 13.0 Å². The van der Waals surface area contributed by atoms with Crippen LogP contribution < -0.4 is 0 Å². The minimum Gasteiger partial charge on any atom is -0.274 e. The Morgan fingerprint density at radius 3 is 2.71 bits per heavy atom. The number of imide groups is 1. The van der Waals surface area contributed by atoms with Crippen LogP contribution in [0.15, 0.2) is 46.9 Å². The average Bonchev–Trinajstić information content (AvgIpc) is 2.47. The molecule has 0 bridgehead atoms. The van der Waals surface area contributed by atoms with Gasteiger partial charge in [0.2, 0.25) is 5.91 Å². The van der Waals surface area contributed by atoms with Crippen LogP contribution in [0, 0.1) is 5.82 Å². The van der Waals surface area contributed by atoms with Gasteiger partial charge in [-0.05, 0) is 29.8 Å². The van der Waals surface area contributed by atoms with E-state index in [2.05, 4.69) is 15.9 Å². The fraction of sp³-hybridized carbons (Fsp3) is 0.125. The summed E-state index contributed by atoms with van der Waals surface area (Å²) in [5, 5.41) is 0. The Morgan fingerprint density at radius 1 is 1.14 bits per heavy atom. The van der Waals surface area contributed by atoms with Crippen molar-refractivity contribution in [3.8, 4) is 0 Å². The van der Waals surface area contributed by atoms with Crippen molar-refractivity contribution in [1.29, 1.82) is 0 Å². The van der Waals surface area contributed by atoms with Crippen molar-refractivity contribution >= 4 is 27.7 Å². The molecule has 1 aliphatic heterocycles. The molecule has 5 heteroatoms. The van der Waals surface area contributed by atoms with E-state index < -0.39 is 5.82 Å². The molecule has 0 N–H and O–H groups in total. The number of nitrogens with zero attached hydrogens (tertiary/aromatic N) is 1. The molecule has 21 heavy (non-hydrogen) atoms. The third-order valence-corrected chi connectivity index (χ3v) is 3.97. The number of carbonyl (C=O) groups is 2. The van der Waals surface area contributed by atoms with Gasteiger partial charge < -0.3 is 0 Å². The predicted octanol–water partition coefficient (Wildman–Crippen LogP) is 3.31. The summed E-state index contributed by atoms with van der Waals surface area (Å²) < 4.78 is 14.5. The maximum absolute atomic E-state index is 13.8. The van der Waals surface area contributed by atoms with Gasteiger partial charge >= 0.3 is 0 Å². The molecule has 0 saturated carbocycles. The topological polar surface area (TPSA) is 37.4 Å². The lowest BCUT2D eigenvalue weighted by Crippen LogP contribution is -2.41. The van der Waals surface area contributed by atoms with Gasteiger partial charge in [0, 0.05) is 15.6 Å². The highest BCUT2D eigenvalue weighted by molar-refractivity contribution is 9.10. The number of fused-ring (bicyclic) bond motifs is 1. The first-order chi connectivity index (χ1) is 10.1. The standard InChI is InChI=1S/C16H11BrFNO2/c17-12-5-6-14(18)11(7-12)9-19-15(20)8-10-3-1-2-4-13(10)16(19)21/h1-7H,8-9H2. The number of rotatable bonds is 2. The molecule has 2 amide bonds. The minimum absolute atomic E-state index is 0.0583. The Hall–Kier alpha value is -2.01. The molecule has 0 aromatic heterocycles. The van der Waals surface area contributed by atoms with Crippen molar-refractivity contribution < 1.29 is 14.0 Å².